The lowest BCUT2D eigenvalue weighted by Gasteiger charge is -2.29. The van der Waals surface area contributed by atoms with Crippen LogP contribution in [0, 0.1) is 0 Å². The van der Waals surface area contributed by atoms with E-state index in [4.69, 9.17) is 11.6 Å². The summed E-state index contributed by atoms with van der Waals surface area (Å²) in [5.41, 5.74) is 2.77. The molecule has 2 N–H and O–H groups in total. The van der Waals surface area contributed by atoms with Crippen molar-refractivity contribution in [2.45, 2.75) is 13.0 Å². The fraction of sp³-hybridized carbons (Fsp3) is 0.105. The van der Waals surface area contributed by atoms with Crippen LogP contribution in [0.2, 0.25) is 5.02 Å². The molecular formula is C19H16ClN5O. The zero-order valence-corrected chi connectivity index (χ0v) is 14.7. The molecular weight excluding hydrogens is 350 g/mol. The number of benzene rings is 2. The third-order valence-corrected chi connectivity index (χ3v) is 4.61. The van der Waals surface area contributed by atoms with Gasteiger partial charge in [-0.3, -0.25) is 4.79 Å². The van der Waals surface area contributed by atoms with E-state index < -0.39 is 6.04 Å². The zero-order chi connectivity index (χ0) is 18.1. The molecule has 1 aliphatic heterocycles. The third kappa shape index (κ3) is 2.84. The summed E-state index contributed by atoms with van der Waals surface area (Å²) >= 11 is 6.43. The Hall–Kier alpha value is -3.12. The molecule has 2 heterocycles. The molecule has 0 aliphatic carbocycles. The molecule has 0 unspecified atom stereocenters. The van der Waals surface area contributed by atoms with Gasteiger partial charge in [-0.1, -0.05) is 48.0 Å². The number of aromatic nitrogens is 3. The van der Waals surface area contributed by atoms with Crippen LogP contribution >= 0.6 is 11.6 Å². The van der Waals surface area contributed by atoms with Gasteiger partial charge in [0.1, 0.15) is 12.4 Å². The molecule has 0 saturated heterocycles. The van der Waals surface area contributed by atoms with E-state index in [2.05, 4.69) is 20.7 Å². The molecule has 0 radical (unpaired) electrons. The fourth-order valence-corrected chi connectivity index (χ4v) is 3.33. The third-order valence-electron chi connectivity index (χ3n) is 4.27. The maximum atomic E-state index is 13.1. The molecule has 1 amide bonds. The number of allylic oxidation sites excluding steroid dienone is 1. The molecule has 4 rings (SSSR count). The number of anilines is 2. The van der Waals surface area contributed by atoms with Gasteiger partial charge in [0.25, 0.3) is 5.91 Å². The number of para-hydroxylation sites is 1. The molecule has 0 spiro atoms. The Bertz CT molecular complexity index is 996. The Labute approximate surface area is 155 Å². The number of carbonyl (C=O) groups excluding carboxylic acids is 1. The average molecular weight is 366 g/mol. The summed E-state index contributed by atoms with van der Waals surface area (Å²) in [5, 5.41) is 11.0. The first kappa shape index (κ1) is 16.4. The number of amides is 1. The van der Waals surface area contributed by atoms with Crippen molar-refractivity contribution >= 4 is 29.1 Å². The molecule has 1 aliphatic rings. The monoisotopic (exact) mass is 365 g/mol. The number of fused-ring (bicyclic) bond motifs is 1. The van der Waals surface area contributed by atoms with E-state index in [1.807, 2.05) is 55.5 Å². The van der Waals surface area contributed by atoms with Crippen LogP contribution in [0.1, 0.15) is 18.5 Å². The summed E-state index contributed by atoms with van der Waals surface area (Å²) < 4.78 is 1.67. The van der Waals surface area contributed by atoms with E-state index in [1.165, 1.54) is 6.33 Å². The van der Waals surface area contributed by atoms with Crippen molar-refractivity contribution in [3.8, 4) is 0 Å². The zero-order valence-electron chi connectivity index (χ0n) is 14.0. The van der Waals surface area contributed by atoms with Crippen LogP contribution in [0.25, 0.3) is 0 Å². The van der Waals surface area contributed by atoms with Gasteiger partial charge < -0.3 is 10.6 Å². The van der Waals surface area contributed by atoms with Crippen LogP contribution < -0.4 is 10.6 Å². The molecule has 1 aromatic heterocycles. The molecule has 0 saturated carbocycles. The highest BCUT2D eigenvalue weighted by Gasteiger charge is 2.34. The van der Waals surface area contributed by atoms with Crippen molar-refractivity contribution in [1.82, 2.24) is 14.8 Å². The first-order valence-corrected chi connectivity index (χ1v) is 8.51. The molecule has 130 valence electrons. The molecule has 3 aromatic rings. The number of hydrogen-bond acceptors (Lipinski definition) is 4. The van der Waals surface area contributed by atoms with Gasteiger partial charge in [0.05, 0.1) is 5.57 Å². The largest absolute Gasteiger partial charge is 0.328 e. The van der Waals surface area contributed by atoms with Gasteiger partial charge >= 0.3 is 0 Å². The predicted molar refractivity (Wildman–Crippen MR) is 101 cm³/mol. The van der Waals surface area contributed by atoms with Crippen LogP contribution in [-0.4, -0.2) is 20.7 Å². The second-order valence-corrected chi connectivity index (χ2v) is 6.34. The highest BCUT2D eigenvalue weighted by Crippen LogP contribution is 2.37. The number of nitrogens with zero attached hydrogens (tertiary/aromatic N) is 3. The molecule has 0 bridgehead atoms. The van der Waals surface area contributed by atoms with E-state index >= 15 is 0 Å². The van der Waals surface area contributed by atoms with Gasteiger partial charge in [0, 0.05) is 22.0 Å². The van der Waals surface area contributed by atoms with Crippen LogP contribution in [-0.2, 0) is 4.79 Å². The van der Waals surface area contributed by atoms with Crippen LogP contribution in [0.5, 0.6) is 0 Å². The second kappa shape index (κ2) is 6.65. The molecule has 2 aromatic carbocycles. The van der Waals surface area contributed by atoms with Crippen molar-refractivity contribution in [2.75, 3.05) is 10.6 Å². The highest BCUT2D eigenvalue weighted by atomic mass is 35.5. The van der Waals surface area contributed by atoms with Crippen molar-refractivity contribution < 1.29 is 4.79 Å². The first-order valence-electron chi connectivity index (χ1n) is 8.13. The smallest absolute Gasteiger partial charge is 0.255 e. The maximum Gasteiger partial charge on any atom is 0.255 e. The maximum absolute atomic E-state index is 13.1. The SMILES string of the molecule is CC1=C(C(=O)Nc2ccccc2)[C@H](c2ccccc2Cl)n2ncnc2N1. The minimum atomic E-state index is -0.467. The van der Waals surface area contributed by atoms with Gasteiger partial charge in [-0.25, -0.2) is 4.68 Å². The normalized spacial score (nSPS) is 16.0. The summed E-state index contributed by atoms with van der Waals surface area (Å²) in [5.74, 6) is 0.357. The summed E-state index contributed by atoms with van der Waals surface area (Å²) in [6, 6.07) is 16.3. The average Bonchev–Trinajstić information content (AvgIpc) is 3.10. The van der Waals surface area contributed by atoms with Gasteiger partial charge in [-0.15, -0.1) is 0 Å². The van der Waals surface area contributed by atoms with E-state index in [9.17, 15) is 4.79 Å². The summed E-state index contributed by atoms with van der Waals surface area (Å²) in [7, 11) is 0. The van der Waals surface area contributed by atoms with Crippen LogP contribution in [0.3, 0.4) is 0 Å². The Morgan fingerprint density at radius 2 is 1.88 bits per heavy atom. The standard InChI is InChI=1S/C19H16ClN5O/c1-12-16(18(26)24-13-7-3-2-4-8-13)17(14-9-5-6-10-15(14)20)25-19(23-12)21-11-22-25/h2-11,17H,1H3,(H,24,26)(H,21,22,23)/t17-/m0/s1. The van der Waals surface area contributed by atoms with Crippen molar-refractivity contribution in [3.05, 3.63) is 82.8 Å². The molecule has 6 nitrogen and oxygen atoms in total. The number of halogens is 1. The Balaban J connectivity index is 1.80. The number of hydrogen-bond donors (Lipinski definition) is 2. The highest BCUT2D eigenvalue weighted by molar-refractivity contribution is 6.31. The second-order valence-electron chi connectivity index (χ2n) is 5.94. The van der Waals surface area contributed by atoms with Crippen molar-refractivity contribution in [1.29, 1.82) is 0 Å². The lowest BCUT2D eigenvalue weighted by molar-refractivity contribution is -0.113. The summed E-state index contributed by atoms with van der Waals surface area (Å²) in [6.07, 6.45) is 1.46. The van der Waals surface area contributed by atoms with E-state index in [-0.39, 0.29) is 5.91 Å². The fourth-order valence-electron chi connectivity index (χ4n) is 3.09. The van der Waals surface area contributed by atoms with E-state index in [1.54, 1.807) is 10.7 Å². The summed E-state index contributed by atoms with van der Waals surface area (Å²) in [4.78, 5) is 17.3. The number of rotatable bonds is 3. The Kier molecular flexibility index (Phi) is 4.18. The lowest BCUT2D eigenvalue weighted by atomic mass is 9.95. The van der Waals surface area contributed by atoms with Crippen LogP contribution in [0.15, 0.2) is 72.2 Å². The van der Waals surface area contributed by atoms with Gasteiger partial charge in [0.2, 0.25) is 5.95 Å². The van der Waals surface area contributed by atoms with Crippen molar-refractivity contribution in [3.63, 3.8) is 0 Å². The van der Waals surface area contributed by atoms with E-state index in [0.29, 0.717) is 22.2 Å². The van der Waals surface area contributed by atoms with Gasteiger partial charge in [0.15, 0.2) is 0 Å². The molecule has 7 heteroatoms. The lowest BCUT2D eigenvalue weighted by Crippen LogP contribution is -2.31. The van der Waals surface area contributed by atoms with Crippen molar-refractivity contribution in [2.24, 2.45) is 0 Å². The molecule has 0 fully saturated rings. The summed E-state index contributed by atoms with van der Waals surface area (Å²) in [6.45, 7) is 1.85. The van der Waals surface area contributed by atoms with E-state index in [0.717, 1.165) is 11.3 Å². The minimum absolute atomic E-state index is 0.215. The van der Waals surface area contributed by atoms with Gasteiger partial charge in [-0.05, 0) is 25.1 Å². The first-order chi connectivity index (χ1) is 12.6. The van der Waals surface area contributed by atoms with Gasteiger partial charge in [-0.2, -0.15) is 10.1 Å². The minimum Gasteiger partial charge on any atom is -0.328 e. The number of carbonyl (C=O) groups is 1. The molecule has 1 atom stereocenters. The topological polar surface area (TPSA) is 71.8 Å². The Morgan fingerprint density at radius 1 is 1.15 bits per heavy atom. The predicted octanol–water partition coefficient (Wildman–Crippen LogP) is 3.86. The quantitative estimate of drug-likeness (QED) is 0.739. The van der Waals surface area contributed by atoms with Crippen LogP contribution in [0.4, 0.5) is 11.6 Å². The Morgan fingerprint density at radius 3 is 2.65 bits per heavy atom. The number of nitrogens with one attached hydrogen (secondary N) is 2. The molecule has 26 heavy (non-hydrogen) atoms.